The number of anilines is 1. The van der Waals surface area contributed by atoms with Crippen LogP contribution < -0.4 is 10.0 Å². The standard InChI is InChI=1S/C18H20N4O3S/c1-14(23)21-15-7-9-17(10-8-15)26(24,25)20-11-4-6-18-19-13-16-5-2-3-12-22(16)18/h2-3,5,7-10,12-13,20H,4,6,11H2,1H3,(H,21,23). The summed E-state index contributed by atoms with van der Waals surface area (Å²) in [6, 6.07) is 11.9. The molecule has 2 N–H and O–H groups in total. The Hall–Kier alpha value is -2.71. The van der Waals surface area contributed by atoms with Gasteiger partial charge in [-0.3, -0.25) is 4.79 Å². The van der Waals surface area contributed by atoms with Crippen molar-refractivity contribution in [1.29, 1.82) is 0 Å². The van der Waals surface area contributed by atoms with Gasteiger partial charge < -0.3 is 9.72 Å². The molecule has 0 radical (unpaired) electrons. The predicted octanol–water partition coefficient (Wildman–Crippen LogP) is 2.20. The van der Waals surface area contributed by atoms with Crippen molar-refractivity contribution in [2.45, 2.75) is 24.7 Å². The number of pyridine rings is 1. The SMILES string of the molecule is CC(=O)Nc1ccc(S(=O)(=O)NCCCc2ncc3ccccn23)cc1. The molecule has 3 rings (SSSR count). The van der Waals surface area contributed by atoms with E-state index in [1.165, 1.54) is 19.1 Å². The van der Waals surface area contributed by atoms with E-state index in [2.05, 4.69) is 15.0 Å². The molecule has 0 bridgehead atoms. The average Bonchev–Trinajstić information content (AvgIpc) is 3.02. The molecule has 1 aromatic carbocycles. The van der Waals surface area contributed by atoms with Gasteiger partial charge in [-0.25, -0.2) is 18.1 Å². The normalized spacial score (nSPS) is 11.6. The van der Waals surface area contributed by atoms with Gasteiger partial charge in [0.05, 0.1) is 16.6 Å². The van der Waals surface area contributed by atoms with Gasteiger partial charge in [0.1, 0.15) is 5.82 Å². The number of hydrogen-bond acceptors (Lipinski definition) is 4. The second kappa shape index (κ2) is 7.67. The lowest BCUT2D eigenvalue weighted by Gasteiger charge is -2.08. The van der Waals surface area contributed by atoms with Crippen molar-refractivity contribution in [2.75, 3.05) is 11.9 Å². The van der Waals surface area contributed by atoms with Gasteiger partial charge in [-0.05, 0) is 42.8 Å². The molecule has 1 amide bonds. The Kier molecular flexibility index (Phi) is 5.34. The smallest absolute Gasteiger partial charge is 0.240 e. The van der Waals surface area contributed by atoms with Crippen molar-refractivity contribution >= 4 is 27.1 Å². The van der Waals surface area contributed by atoms with E-state index in [-0.39, 0.29) is 10.8 Å². The molecule has 0 atom stereocenters. The third-order valence-electron chi connectivity index (χ3n) is 3.87. The molecule has 0 fully saturated rings. The highest BCUT2D eigenvalue weighted by Crippen LogP contribution is 2.14. The van der Waals surface area contributed by atoms with E-state index < -0.39 is 10.0 Å². The Morgan fingerprint density at radius 2 is 1.92 bits per heavy atom. The lowest BCUT2D eigenvalue weighted by molar-refractivity contribution is -0.114. The van der Waals surface area contributed by atoms with E-state index in [1.807, 2.05) is 28.8 Å². The van der Waals surface area contributed by atoms with Crippen molar-refractivity contribution in [3.63, 3.8) is 0 Å². The molecular weight excluding hydrogens is 352 g/mol. The van der Waals surface area contributed by atoms with E-state index in [0.29, 0.717) is 25.1 Å². The molecule has 0 aliphatic rings. The third-order valence-corrected chi connectivity index (χ3v) is 5.35. The second-order valence-electron chi connectivity index (χ2n) is 5.88. The summed E-state index contributed by atoms with van der Waals surface area (Å²) >= 11 is 0. The minimum atomic E-state index is -3.58. The van der Waals surface area contributed by atoms with E-state index in [1.54, 1.807) is 18.3 Å². The molecule has 3 aromatic rings. The fraction of sp³-hybridized carbons (Fsp3) is 0.222. The molecule has 2 heterocycles. The largest absolute Gasteiger partial charge is 0.326 e. The number of benzene rings is 1. The third kappa shape index (κ3) is 4.27. The average molecular weight is 372 g/mol. The number of imidazole rings is 1. The van der Waals surface area contributed by atoms with E-state index in [4.69, 9.17) is 0 Å². The molecule has 0 saturated heterocycles. The van der Waals surface area contributed by atoms with Crippen LogP contribution in [-0.2, 0) is 21.2 Å². The molecule has 0 saturated carbocycles. The first-order valence-electron chi connectivity index (χ1n) is 8.24. The molecule has 136 valence electrons. The van der Waals surface area contributed by atoms with Crippen LogP contribution in [0.2, 0.25) is 0 Å². The Morgan fingerprint density at radius 3 is 2.65 bits per heavy atom. The molecule has 8 heteroatoms. The maximum absolute atomic E-state index is 12.3. The van der Waals surface area contributed by atoms with Gasteiger partial charge in [-0.15, -0.1) is 0 Å². The van der Waals surface area contributed by atoms with Gasteiger partial charge >= 0.3 is 0 Å². The number of fused-ring (bicyclic) bond motifs is 1. The van der Waals surface area contributed by atoms with Crippen molar-refractivity contribution < 1.29 is 13.2 Å². The summed E-state index contributed by atoms with van der Waals surface area (Å²) in [7, 11) is -3.58. The first-order chi connectivity index (χ1) is 12.5. The molecule has 0 aliphatic heterocycles. The van der Waals surface area contributed by atoms with E-state index in [9.17, 15) is 13.2 Å². The van der Waals surface area contributed by atoms with Crippen molar-refractivity contribution in [3.05, 3.63) is 60.7 Å². The maximum atomic E-state index is 12.3. The van der Waals surface area contributed by atoms with Gasteiger partial charge in [0.15, 0.2) is 0 Å². The van der Waals surface area contributed by atoms with Gasteiger partial charge in [-0.2, -0.15) is 0 Å². The molecule has 0 aliphatic carbocycles. The number of nitrogens with zero attached hydrogens (tertiary/aromatic N) is 2. The molecule has 0 spiro atoms. The van der Waals surface area contributed by atoms with Crippen LogP contribution in [0.3, 0.4) is 0 Å². The number of hydrogen-bond donors (Lipinski definition) is 2. The zero-order valence-corrected chi connectivity index (χ0v) is 15.2. The Morgan fingerprint density at radius 1 is 1.15 bits per heavy atom. The number of amides is 1. The lowest BCUT2D eigenvalue weighted by atomic mass is 10.3. The Bertz CT molecular complexity index is 1010. The summed E-state index contributed by atoms with van der Waals surface area (Å²) in [5.74, 6) is 0.699. The first kappa shape index (κ1) is 18.1. The maximum Gasteiger partial charge on any atom is 0.240 e. The van der Waals surface area contributed by atoms with Crippen LogP contribution in [0, 0.1) is 0 Å². The zero-order valence-electron chi connectivity index (χ0n) is 14.3. The highest BCUT2D eigenvalue weighted by molar-refractivity contribution is 7.89. The second-order valence-corrected chi connectivity index (χ2v) is 7.64. The quantitative estimate of drug-likeness (QED) is 0.622. The monoisotopic (exact) mass is 372 g/mol. The van der Waals surface area contributed by atoms with E-state index in [0.717, 1.165) is 11.3 Å². The molecule has 0 unspecified atom stereocenters. The summed E-state index contributed by atoms with van der Waals surface area (Å²) in [5, 5.41) is 2.60. The van der Waals surface area contributed by atoms with Crippen LogP contribution in [0.1, 0.15) is 19.2 Å². The molecule has 7 nitrogen and oxygen atoms in total. The highest BCUT2D eigenvalue weighted by Gasteiger charge is 2.13. The molecular formula is C18H20N4O3S. The van der Waals surface area contributed by atoms with Crippen LogP contribution in [0.15, 0.2) is 59.8 Å². The minimum absolute atomic E-state index is 0.165. The topological polar surface area (TPSA) is 92.6 Å². The van der Waals surface area contributed by atoms with Crippen molar-refractivity contribution in [2.24, 2.45) is 0 Å². The van der Waals surface area contributed by atoms with Crippen LogP contribution >= 0.6 is 0 Å². The van der Waals surface area contributed by atoms with Crippen molar-refractivity contribution in [1.82, 2.24) is 14.1 Å². The van der Waals surface area contributed by atoms with Crippen LogP contribution in [0.5, 0.6) is 0 Å². The number of aryl methyl sites for hydroxylation is 1. The lowest BCUT2D eigenvalue weighted by Crippen LogP contribution is -2.25. The van der Waals surface area contributed by atoms with Crippen molar-refractivity contribution in [3.8, 4) is 0 Å². The zero-order chi connectivity index (χ0) is 18.6. The first-order valence-corrected chi connectivity index (χ1v) is 9.72. The van der Waals surface area contributed by atoms with Gasteiger partial charge in [-0.1, -0.05) is 6.07 Å². The Balaban J connectivity index is 1.55. The predicted molar refractivity (Wildman–Crippen MR) is 99.4 cm³/mol. The number of aromatic nitrogens is 2. The fourth-order valence-electron chi connectivity index (χ4n) is 2.64. The fourth-order valence-corrected chi connectivity index (χ4v) is 3.72. The highest BCUT2D eigenvalue weighted by atomic mass is 32.2. The van der Waals surface area contributed by atoms with Gasteiger partial charge in [0.2, 0.25) is 15.9 Å². The molecule has 26 heavy (non-hydrogen) atoms. The summed E-state index contributed by atoms with van der Waals surface area (Å²) in [4.78, 5) is 15.5. The summed E-state index contributed by atoms with van der Waals surface area (Å²) in [6.45, 7) is 1.72. The molecule has 2 aromatic heterocycles. The van der Waals surface area contributed by atoms with Crippen LogP contribution in [0.4, 0.5) is 5.69 Å². The van der Waals surface area contributed by atoms with Crippen LogP contribution in [0.25, 0.3) is 5.52 Å². The number of carbonyl (C=O) groups excluding carboxylic acids is 1. The summed E-state index contributed by atoms with van der Waals surface area (Å²) in [5.41, 5.74) is 1.57. The number of sulfonamides is 1. The number of rotatable bonds is 7. The Labute approximate surface area is 152 Å². The van der Waals surface area contributed by atoms with E-state index >= 15 is 0 Å². The number of carbonyl (C=O) groups is 1. The summed E-state index contributed by atoms with van der Waals surface area (Å²) < 4.78 is 29.2. The van der Waals surface area contributed by atoms with Gasteiger partial charge in [0.25, 0.3) is 0 Å². The van der Waals surface area contributed by atoms with Crippen LogP contribution in [-0.4, -0.2) is 30.3 Å². The minimum Gasteiger partial charge on any atom is -0.326 e. The van der Waals surface area contributed by atoms with Gasteiger partial charge in [0, 0.05) is 31.8 Å². The number of nitrogens with one attached hydrogen (secondary N) is 2. The summed E-state index contributed by atoms with van der Waals surface area (Å²) in [6.07, 6.45) is 5.05.